The van der Waals surface area contributed by atoms with Gasteiger partial charge in [-0.3, -0.25) is 0 Å². The third kappa shape index (κ3) is 4.11. The molecule has 5 heteroatoms. The highest BCUT2D eigenvalue weighted by atomic mass is 32.2. The van der Waals surface area contributed by atoms with Gasteiger partial charge in [0, 0.05) is 7.11 Å². The maximum Gasteiger partial charge on any atom is 0.186 e. The monoisotopic (exact) mass is 258 g/mol. The van der Waals surface area contributed by atoms with Crippen LogP contribution in [0, 0.1) is 0 Å². The van der Waals surface area contributed by atoms with E-state index in [2.05, 4.69) is 0 Å². The van der Waals surface area contributed by atoms with Gasteiger partial charge in [-0.25, -0.2) is 4.21 Å². The van der Waals surface area contributed by atoms with Crippen LogP contribution in [0.15, 0.2) is 23.1 Å². The highest BCUT2D eigenvalue weighted by Crippen LogP contribution is 2.28. The smallest absolute Gasteiger partial charge is 0.186 e. The van der Waals surface area contributed by atoms with E-state index in [1.54, 1.807) is 25.3 Å². The normalized spacial score (nSPS) is 12.8. The summed E-state index contributed by atoms with van der Waals surface area (Å²) in [7, 11) is 1.62. The Hall–Kier alpha value is -0.910. The van der Waals surface area contributed by atoms with Crippen molar-refractivity contribution in [1.29, 1.82) is 0 Å². The molecule has 4 nitrogen and oxygen atoms in total. The molecule has 0 saturated heterocycles. The molecule has 1 N–H and O–H groups in total. The van der Waals surface area contributed by atoms with Gasteiger partial charge in [0.1, 0.15) is 12.4 Å². The van der Waals surface area contributed by atoms with E-state index in [9.17, 15) is 4.21 Å². The third-order valence-electron chi connectivity index (χ3n) is 2.35. The van der Waals surface area contributed by atoms with Crippen LogP contribution in [-0.2, 0) is 15.8 Å². The van der Waals surface area contributed by atoms with Crippen molar-refractivity contribution < 1.29 is 18.2 Å². The highest BCUT2D eigenvalue weighted by molar-refractivity contribution is 7.79. The molecule has 0 amide bonds. The Labute approximate surface area is 104 Å². The van der Waals surface area contributed by atoms with Crippen LogP contribution in [0.3, 0.4) is 0 Å². The van der Waals surface area contributed by atoms with Crippen molar-refractivity contribution in [2.45, 2.75) is 24.7 Å². The molecule has 0 fully saturated rings. The van der Waals surface area contributed by atoms with Crippen LogP contribution in [0.1, 0.15) is 25.3 Å². The third-order valence-corrected chi connectivity index (χ3v) is 3.01. The van der Waals surface area contributed by atoms with Crippen molar-refractivity contribution in [3.8, 4) is 5.75 Å². The van der Waals surface area contributed by atoms with E-state index in [-0.39, 0.29) is 5.92 Å². The van der Waals surface area contributed by atoms with Crippen LogP contribution in [0.5, 0.6) is 5.75 Å². The van der Waals surface area contributed by atoms with E-state index in [0.717, 1.165) is 11.3 Å². The van der Waals surface area contributed by atoms with E-state index < -0.39 is 11.1 Å². The second kappa shape index (κ2) is 6.74. The molecule has 1 aromatic rings. The molecule has 0 spiro atoms. The summed E-state index contributed by atoms with van der Waals surface area (Å²) in [5.74, 6) is 0.974. The fraction of sp³-hybridized carbons (Fsp3) is 0.500. The van der Waals surface area contributed by atoms with Crippen LogP contribution in [0.4, 0.5) is 0 Å². The first kappa shape index (κ1) is 14.2. The van der Waals surface area contributed by atoms with Gasteiger partial charge in [0.25, 0.3) is 0 Å². The predicted octanol–water partition coefficient (Wildman–Crippen LogP) is 2.42. The molecule has 1 rings (SSSR count). The Balaban J connectivity index is 2.92. The van der Waals surface area contributed by atoms with Gasteiger partial charge >= 0.3 is 0 Å². The van der Waals surface area contributed by atoms with Gasteiger partial charge in [0.15, 0.2) is 11.1 Å². The van der Waals surface area contributed by atoms with Crippen LogP contribution in [0.2, 0.25) is 0 Å². The number of benzene rings is 1. The zero-order valence-corrected chi connectivity index (χ0v) is 11.1. The molecule has 0 aromatic heterocycles. The van der Waals surface area contributed by atoms with Gasteiger partial charge in [-0.2, -0.15) is 0 Å². The summed E-state index contributed by atoms with van der Waals surface area (Å²) < 4.78 is 30.5. The topological polar surface area (TPSA) is 55.8 Å². The number of rotatable bonds is 6. The van der Waals surface area contributed by atoms with Crippen molar-refractivity contribution in [2.75, 3.05) is 20.3 Å². The molecular weight excluding hydrogens is 240 g/mol. The van der Waals surface area contributed by atoms with Crippen LogP contribution >= 0.6 is 0 Å². The van der Waals surface area contributed by atoms with Crippen molar-refractivity contribution in [1.82, 2.24) is 0 Å². The molecule has 1 aromatic carbocycles. The Kier molecular flexibility index (Phi) is 5.61. The molecule has 0 aliphatic rings. The van der Waals surface area contributed by atoms with Gasteiger partial charge in [0.2, 0.25) is 0 Å². The number of ether oxygens (including phenoxy) is 2. The first-order valence-electron chi connectivity index (χ1n) is 5.42. The van der Waals surface area contributed by atoms with Crippen molar-refractivity contribution >= 4 is 11.1 Å². The number of methoxy groups -OCH3 is 1. The average molecular weight is 258 g/mol. The first-order chi connectivity index (χ1) is 8.06. The second-order valence-corrected chi connectivity index (χ2v) is 4.91. The Morgan fingerprint density at radius 2 is 2.06 bits per heavy atom. The number of hydrogen-bond donors (Lipinski definition) is 1. The van der Waals surface area contributed by atoms with Crippen molar-refractivity contribution in [3.05, 3.63) is 23.8 Å². The van der Waals surface area contributed by atoms with Gasteiger partial charge in [-0.1, -0.05) is 13.8 Å². The van der Waals surface area contributed by atoms with Crippen LogP contribution < -0.4 is 4.74 Å². The molecule has 96 valence electrons. The summed E-state index contributed by atoms with van der Waals surface area (Å²) in [6.45, 7) is 5.02. The summed E-state index contributed by atoms with van der Waals surface area (Å²) in [5.41, 5.74) is 0.931. The van der Waals surface area contributed by atoms with Crippen molar-refractivity contribution in [2.24, 2.45) is 0 Å². The summed E-state index contributed by atoms with van der Waals surface area (Å²) in [4.78, 5) is 0.396. The summed E-state index contributed by atoms with van der Waals surface area (Å²) in [5, 5.41) is 0. The first-order valence-corrected chi connectivity index (χ1v) is 6.53. The highest BCUT2D eigenvalue weighted by Gasteiger charge is 2.11. The summed E-state index contributed by atoms with van der Waals surface area (Å²) in [6.07, 6.45) is 0. The van der Waals surface area contributed by atoms with E-state index >= 15 is 0 Å². The van der Waals surface area contributed by atoms with Gasteiger partial charge in [-0.05, 0) is 29.7 Å². The molecular formula is C12H18O4S. The van der Waals surface area contributed by atoms with Crippen molar-refractivity contribution in [3.63, 3.8) is 0 Å². The van der Waals surface area contributed by atoms with Crippen LogP contribution in [0.25, 0.3) is 0 Å². The summed E-state index contributed by atoms with van der Waals surface area (Å²) >= 11 is -1.95. The minimum atomic E-state index is -1.95. The lowest BCUT2D eigenvalue weighted by molar-refractivity contribution is 0.145. The van der Waals surface area contributed by atoms with E-state index in [1.165, 1.54) is 0 Å². The predicted molar refractivity (Wildman–Crippen MR) is 66.9 cm³/mol. The Morgan fingerprint density at radius 3 is 2.59 bits per heavy atom. The van der Waals surface area contributed by atoms with E-state index in [1.807, 2.05) is 13.8 Å². The molecule has 1 unspecified atom stereocenters. The quantitative estimate of drug-likeness (QED) is 0.629. The Morgan fingerprint density at radius 1 is 1.35 bits per heavy atom. The van der Waals surface area contributed by atoms with Gasteiger partial charge in [0.05, 0.1) is 11.5 Å². The van der Waals surface area contributed by atoms with Crippen LogP contribution in [-0.4, -0.2) is 29.1 Å². The zero-order chi connectivity index (χ0) is 12.8. The molecule has 0 aliphatic carbocycles. The van der Waals surface area contributed by atoms with E-state index in [4.69, 9.17) is 14.0 Å². The lowest BCUT2D eigenvalue weighted by Crippen LogP contribution is -2.07. The molecule has 0 aliphatic heterocycles. The minimum absolute atomic E-state index is 0.232. The average Bonchev–Trinajstić information content (AvgIpc) is 2.29. The summed E-state index contributed by atoms with van der Waals surface area (Å²) in [6, 6.07) is 5.04. The molecule has 0 bridgehead atoms. The zero-order valence-electron chi connectivity index (χ0n) is 10.3. The van der Waals surface area contributed by atoms with E-state index in [0.29, 0.717) is 18.1 Å². The molecule has 0 saturated carbocycles. The fourth-order valence-electron chi connectivity index (χ4n) is 1.45. The second-order valence-electron chi connectivity index (χ2n) is 3.94. The lowest BCUT2D eigenvalue weighted by Gasteiger charge is -2.14. The maximum atomic E-state index is 11.0. The molecule has 0 radical (unpaired) electrons. The SMILES string of the molecule is COCCOc1ccc(S(=O)O)cc1C(C)C. The molecule has 17 heavy (non-hydrogen) atoms. The largest absolute Gasteiger partial charge is 0.491 e. The molecule has 1 atom stereocenters. The van der Waals surface area contributed by atoms with Gasteiger partial charge in [-0.15, -0.1) is 0 Å². The fourth-order valence-corrected chi connectivity index (χ4v) is 1.86. The Bertz CT molecular complexity index is 390. The molecule has 0 heterocycles. The minimum Gasteiger partial charge on any atom is -0.491 e. The van der Waals surface area contributed by atoms with Gasteiger partial charge < -0.3 is 14.0 Å². The standard InChI is InChI=1S/C12H18O4S/c1-9(2)11-8-10(17(13)14)4-5-12(11)16-7-6-15-3/h4-5,8-9H,6-7H2,1-3H3,(H,13,14). The lowest BCUT2D eigenvalue weighted by atomic mass is 10.0. The maximum absolute atomic E-state index is 11.0. The number of hydrogen-bond acceptors (Lipinski definition) is 3.